The van der Waals surface area contributed by atoms with Crippen molar-refractivity contribution in [2.24, 2.45) is 0 Å². The highest BCUT2D eigenvalue weighted by Crippen LogP contribution is 2.44. The first kappa shape index (κ1) is 20.1. The van der Waals surface area contributed by atoms with Crippen LogP contribution in [0.3, 0.4) is 0 Å². The zero-order valence-corrected chi connectivity index (χ0v) is 17.9. The Hall–Kier alpha value is -2.18. The molecule has 2 heterocycles. The Kier molecular flexibility index (Phi) is 5.74. The molecule has 0 aromatic heterocycles. The van der Waals surface area contributed by atoms with Gasteiger partial charge in [0.25, 0.3) is 5.91 Å². The first-order valence-corrected chi connectivity index (χ1v) is 11.2. The van der Waals surface area contributed by atoms with Gasteiger partial charge >= 0.3 is 6.03 Å². The highest BCUT2D eigenvalue weighted by Gasteiger charge is 2.47. The van der Waals surface area contributed by atoms with Crippen LogP contribution >= 0.6 is 23.4 Å². The summed E-state index contributed by atoms with van der Waals surface area (Å²) in [4.78, 5) is 29.3. The number of carbonyl (C=O) groups is 2. The van der Waals surface area contributed by atoms with Crippen LogP contribution in [0.4, 0.5) is 10.5 Å². The lowest BCUT2D eigenvalue weighted by atomic mass is 10.0. The van der Waals surface area contributed by atoms with Crippen LogP contribution in [0.2, 0.25) is 5.02 Å². The predicted molar refractivity (Wildman–Crippen MR) is 119 cm³/mol. The Morgan fingerprint density at radius 3 is 2.31 bits per heavy atom. The fraction of sp³-hybridized carbons (Fsp3) is 0.364. The monoisotopic (exact) mass is 429 g/mol. The standard InChI is InChI=1S/C22H24ClN3O2S/c1-16-2-8-19(9-3-16)24-21(28)25-12-10-22(11-13-25)26(14-15-29-22)20(27)17-4-6-18(23)7-5-17/h2-9H,10-15H2,1H3,(H,24,28). The number of halogens is 1. The molecule has 1 N–H and O–H groups in total. The van der Waals surface area contributed by atoms with E-state index in [0.717, 1.165) is 36.4 Å². The average Bonchev–Trinajstić information content (AvgIpc) is 3.13. The summed E-state index contributed by atoms with van der Waals surface area (Å²) >= 11 is 7.80. The van der Waals surface area contributed by atoms with Gasteiger partial charge in [0.1, 0.15) is 0 Å². The molecule has 2 aromatic rings. The maximum Gasteiger partial charge on any atom is 0.321 e. The van der Waals surface area contributed by atoms with Crippen molar-refractivity contribution in [3.05, 3.63) is 64.7 Å². The zero-order valence-electron chi connectivity index (χ0n) is 16.4. The molecule has 0 bridgehead atoms. The largest absolute Gasteiger partial charge is 0.324 e. The molecule has 2 aromatic carbocycles. The summed E-state index contributed by atoms with van der Waals surface area (Å²) in [6, 6.07) is 14.8. The van der Waals surface area contributed by atoms with Crippen molar-refractivity contribution in [2.45, 2.75) is 24.6 Å². The number of nitrogens with zero attached hydrogens (tertiary/aromatic N) is 2. The predicted octanol–water partition coefficient (Wildman–Crippen LogP) is 4.86. The second kappa shape index (κ2) is 8.28. The summed E-state index contributed by atoms with van der Waals surface area (Å²) in [7, 11) is 0. The van der Waals surface area contributed by atoms with Crippen LogP contribution in [0.5, 0.6) is 0 Å². The molecular formula is C22H24ClN3O2S. The van der Waals surface area contributed by atoms with Gasteiger partial charge in [0.15, 0.2) is 0 Å². The van der Waals surface area contributed by atoms with Gasteiger partial charge < -0.3 is 15.1 Å². The molecule has 2 aliphatic heterocycles. The summed E-state index contributed by atoms with van der Waals surface area (Å²) in [5.74, 6) is 0.971. The van der Waals surface area contributed by atoms with Crippen molar-refractivity contribution in [1.82, 2.24) is 9.80 Å². The van der Waals surface area contributed by atoms with Crippen LogP contribution in [0.15, 0.2) is 48.5 Å². The number of anilines is 1. The second-order valence-corrected chi connectivity index (χ2v) is 9.43. The first-order valence-electron chi connectivity index (χ1n) is 9.81. The van der Waals surface area contributed by atoms with Crippen molar-refractivity contribution in [2.75, 3.05) is 30.7 Å². The number of thioether (sulfide) groups is 1. The van der Waals surface area contributed by atoms with Crippen LogP contribution in [-0.2, 0) is 0 Å². The van der Waals surface area contributed by atoms with Gasteiger partial charge in [-0.1, -0.05) is 29.3 Å². The van der Waals surface area contributed by atoms with E-state index in [1.165, 1.54) is 0 Å². The molecule has 3 amide bonds. The minimum atomic E-state index is -0.225. The molecule has 2 fully saturated rings. The van der Waals surface area contributed by atoms with E-state index < -0.39 is 0 Å². The van der Waals surface area contributed by atoms with E-state index in [1.807, 2.05) is 52.8 Å². The highest BCUT2D eigenvalue weighted by atomic mass is 35.5. The number of nitrogens with one attached hydrogen (secondary N) is 1. The Bertz CT molecular complexity index is 893. The molecular weight excluding hydrogens is 406 g/mol. The van der Waals surface area contributed by atoms with Crippen LogP contribution in [-0.4, -0.2) is 52.0 Å². The molecule has 2 saturated heterocycles. The fourth-order valence-electron chi connectivity index (χ4n) is 3.96. The summed E-state index contributed by atoms with van der Waals surface area (Å²) < 4.78 is 0. The molecule has 5 nitrogen and oxygen atoms in total. The molecule has 0 unspecified atom stereocenters. The average molecular weight is 430 g/mol. The molecule has 7 heteroatoms. The molecule has 4 rings (SSSR count). The van der Waals surface area contributed by atoms with Gasteiger partial charge in [-0.15, -0.1) is 11.8 Å². The lowest BCUT2D eigenvalue weighted by Crippen LogP contribution is -2.54. The van der Waals surface area contributed by atoms with Gasteiger partial charge in [0.05, 0.1) is 4.87 Å². The molecule has 0 atom stereocenters. The van der Waals surface area contributed by atoms with Crippen molar-refractivity contribution in [1.29, 1.82) is 0 Å². The fourth-order valence-corrected chi connectivity index (χ4v) is 5.54. The Morgan fingerprint density at radius 1 is 1.00 bits per heavy atom. The summed E-state index contributed by atoms with van der Waals surface area (Å²) in [6.45, 7) is 4.03. The number of piperidine rings is 1. The summed E-state index contributed by atoms with van der Waals surface area (Å²) in [5.41, 5.74) is 2.62. The number of hydrogen-bond donors (Lipinski definition) is 1. The second-order valence-electron chi connectivity index (χ2n) is 7.54. The number of carbonyl (C=O) groups excluding carboxylic acids is 2. The molecule has 1 spiro atoms. The van der Waals surface area contributed by atoms with Gasteiger partial charge in [0, 0.05) is 41.7 Å². The summed E-state index contributed by atoms with van der Waals surface area (Å²) in [6.07, 6.45) is 1.55. The van der Waals surface area contributed by atoms with E-state index in [-0.39, 0.29) is 16.8 Å². The third-order valence-electron chi connectivity index (χ3n) is 5.65. The molecule has 0 aliphatic carbocycles. The van der Waals surface area contributed by atoms with E-state index in [2.05, 4.69) is 5.32 Å². The molecule has 152 valence electrons. The molecule has 0 saturated carbocycles. The number of likely N-dealkylation sites (tertiary alicyclic amines) is 1. The van der Waals surface area contributed by atoms with E-state index in [1.54, 1.807) is 24.3 Å². The summed E-state index contributed by atoms with van der Waals surface area (Å²) in [5, 5.41) is 3.60. The quantitative estimate of drug-likeness (QED) is 0.741. The van der Waals surface area contributed by atoms with Crippen LogP contribution in [0.25, 0.3) is 0 Å². The SMILES string of the molecule is Cc1ccc(NC(=O)N2CCC3(CC2)SCCN3C(=O)c2ccc(Cl)cc2)cc1. The Labute approximate surface area is 180 Å². The van der Waals surface area contributed by atoms with Crippen molar-refractivity contribution in [3.8, 4) is 0 Å². The van der Waals surface area contributed by atoms with Crippen molar-refractivity contribution >= 4 is 41.0 Å². The van der Waals surface area contributed by atoms with E-state index in [0.29, 0.717) is 23.7 Å². The minimum absolute atomic E-state index is 0.0456. The Morgan fingerprint density at radius 2 is 1.66 bits per heavy atom. The first-order chi connectivity index (χ1) is 14.0. The topological polar surface area (TPSA) is 52.7 Å². The maximum atomic E-state index is 13.1. The van der Waals surface area contributed by atoms with Crippen LogP contribution in [0.1, 0.15) is 28.8 Å². The third kappa shape index (κ3) is 4.23. The normalized spacial score (nSPS) is 18.1. The van der Waals surface area contributed by atoms with E-state index in [9.17, 15) is 9.59 Å². The highest BCUT2D eigenvalue weighted by molar-refractivity contribution is 8.00. The number of urea groups is 1. The zero-order chi connectivity index (χ0) is 20.4. The smallest absolute Gasteiger partial charge is 0.321 e. The molecule has 29 heavy (non-hydrogen) atoms. The van der Waals surface area contributed by atoms with Gasteiger partial charge in [-0.05, 0) is 56.2 Å². The number of rotatable bonds is 2. The maximum absolute atomic E-state index is 13.1. The van der Waals surface area contributed by atoms with Gasteiger partial charge in [-0.3, -0.25) is 4.79 Å². The number of aryl methyl sites for hydroxylation is 1. The Balaban J connectivity index is 1.40. The third-order valence-corrected chi connectivity index (χ3v) is 7.45. The molecule has 0 radical (unpaired) electrons. The number of benzene rings is 2. The molecule has 2 aliphatic rings. The number of hydrogen-bond acceptors (Lipinski definition) is 3. The van der Waals surface area contributed by atoms with E-state index >= 15 is 0 Å². The van der Waals surface area contributed by atoms with Crippen molar-refractivity contribution in [3.63, 3.8) is 0 Å². The minimum Gasteiger partial charge on any atom is -0.324 e. The lowest BCUT2D eigenvalue weighted by Gasteiger charge is -2.44. The van der Waals surface area contributed by atoms with Crippen LogP contribution < -0.4 is 5.32 Å². The van der Waals surface area contributed by atoms with Gasteiger partial charge in [-0.2, -0.15) is 0 Å². The van der Waals surface area contributed by atoms with Gasteiger partial charge in [-0.25, -0.2) is 4.79 Å². The van der Waals surface area contributed by atoms with Crippen molar-refractivity contribution < 1.29 is 9.59 Å². The number of amides is 3. The lowest BCUT2D eigenvalue weighted by molar-refractivity contribution is 0.0585. The van der Waals surface area contributed by atoms with Gasteiger partial charge in [0.2, 0.25) is 0 Å². The van der Waals surface area contributed by atoms with Crippen LogP contribution in [0, 0.1) is 6.92 Å². The van der Waals surface area contributed by atoms with E-state index in [4.69, 9.17) is 11.6 Å².